The van der Waals surface area contributed by atoms with Gasteiger partial charge in [-0.15, -0.1) is 0 Å². The molecule has 0 saturated carbocycles. The van der Waals surface area contributed by atoms with E-state index in [9.17, 15) is 17.6 Å². The number of hydrogen-bond donors (Lipinski definition) is 1. The van der Waals surface area contributed by atoms with Crippen LogP contribution in [0.2, 0.25) is 0 Å². The van der Waals surface area contributed by atoms with Crippen molar-refractivity contribution in [3.63, 3.8) is 0 Å². The molecule has 0 aliphatic rings. The molecule has 1 amide bonds. The minimum Gasteiger partial charge on any atom is -0.495 e. The second-order valence-electron chi connectivity index (χ2n) is 6.96. The number of halogens is 1. The molecular formula is C23H23FN2O5S. The first-order chi connectivity index (χ1) is 15.2. The number of carbonyl (C=O) groups is 1. The van der Waals surface area contributed by atoms with Crippen molar-refractivity contribution in [2.45, 2.75) is 11.4 Å². The van der Waals surface area contributed by atoms with Crippen LogP contribution in [0.5, 0.6) is 11.5 Å². The Morgan fingerprint density at radius 1 is 0.969 bits per heavy atom. The zero-order valence-corrected chi connectivity index (χ0v) is 18.6. The Morgan fingerprint density at radius 2 is 1.69 bits per heavy atom. The van der Waals surface area contributed by atoms with Crippen molar-refractivity contribution in [1.82, 2.24) is 4.90 Å². The molecule has 3 aromatic rings. The third-order valence-electron chi connectivity index (χ3n) is 4.73. The van der Waals surface area contributed by atoms with Crippen LogP contribution in [0.15, 0.2) is 71.6 Å². The maximum absolute atomic E-state index is 13.9. The highest BCUT2D eigenvalue weighted by atomic mass is 32.2. The van der Waals surface area contributed by atoms with E-state index in [2.05, 4.69) is 4.72 Å². The summed E-state index contributed by atoms with van der Waals surface area (Å²) in [7, 11) is 0.404. The smallest absolute Gasteiger partial charge is 0.262 e. The summed E-state index contributed by atoms with van der Waals surface area (Å²) in [5.74, 6) is -0.449. The van der Waals surface area contributed by atoms with E-state index in [-0.39, 0.29) is 28.4 Å². The molecule has 0 spiro atoms. The molecule has 9 heteroatoms. The number of nitrogens with zero attached hydrogens (tertiary/aromatic N) is 1. The van der Waals surface area contributed by atoms with Gasteiger partial charge in [-0.1, -0.05) is 24.3 Å². The van der Waals surface area contributed by atoms with Gasteiger partial charge in [0, 0.05) is 19.2 Å². The van der Waals surface area contributed by atoms with Gasteiger partial charge in [0.15, 0.2) is 11.6 Å². The molecule has 0 aliphatic heterocycles. The van der Waals surface area contributed by atoms with E-state index >= 15 is 0 Å². The molecule has 7 nitrogen and oxygen atoms in total. The van der Waals surface area contributed by atoms with Crippen LogP contribution in [-0.4, -0.2) is 40.5 Å². The number of sulfonamides is 1. The third-order valence-corrected chi connectivity index (χ3v) is 6.09. The fourth-order valence-corrected chi connectivity index (χ4v) is 4.22. The molecule has 0 radical (unpaired) electrons. The molecule has 0 bridgehead atoms. The van der Waals surface area contributed by atoms with Crippen LogP contribution in [0.4, 0.5) is 10.1 Å². The van der Waals surface area contributed by atoms with Gasteiger partial charge in [-0.2, -0.15) is 0 Å². The van der Waals surface area contributed by atoms with Gasteiger partial charge in [0.05, 0.1) is 24.8 Å². The molecule has 0 heterocycles. The van der Waals surface area contributed by atoms with Crippen molar-refractivity contribution < 1.29 is 27.1 Å². The fraction of sp³-hybridized carbons (Fsp3) is 0.174. The Hall–Kier alpha value is -3.59. The van der Waals surface area contributed by atoms with Gasteiger partial charge in [-0.05, 0) is 48.0 Å². The first-order valence-electron chi connectivity index (χ1n) is 9.59. The molecular weight excluding hydrogens is 435 g/mol. The highest BCUT2D eigenvalue weighted by molar-refractivity contribution is 7.92. The number of anilines is 1. The van der Waals surface area contributed by atoms with Crippen molar-refractivity contribution in [3.05, 3.63) is 83.7 Å². The van der Waals surface area contributed by atoms with E-state index in [1.165, 1.54) is 55.5 Å². The molecule has 0 aromatic heterocycles. The lowest BCUT2D eigenvalue weighted by molar-refractivity contribution is 0.0784. The number of para-hydroxylation sites is 2. The Labute approximate surface area is 186 Å². The number of hydrogen-bond acceptors (Lipinski definition) is 5. The van der Waals surface area contributed by atoms with E-state index < -0.39 is 21.7 Å². The molecule has 0 atom stereocenters. The highest BCUT2D eigenvalue weighted by Crippen LogP contribution is 2.26. The number of rotatable bonds is 8. The van der Waals surface area contributed by atoms with Crippen molar-refractivity contribution in [3.8, 4) is 11.5 Å². The van der Waals surface area contributed by atoms with E-state index in [1.54, 1.807) is 37.4 Å². The summed E-state index contributed by atoms with van der Waals surface area (Å²) in [6, 6.07) is 16.8. The molecule has 0 saturated heterocycles. The van der Waals surface area contributed by atoms with Crippen LogP contribution >= 0.6 is 0 Å². The van der Waals surface area contributed by atoms with Gasteiger partial charge in [-0.25, -0.2) is 12.8 Å². The minimum atomic E-state index is -3.96. The molecule has 1 N–H and O–H groups in total. The van der Waals surface area contributed by atoms with Gasteiger partial charge in [0.1, 0.15) is 5.75 Å². The van der Waals surface area contributed by atoms with Crippen LogP contribution in [0.3, 0.4) is 0 Å². The number of nitrogens with one attached hydrogen (secondary N) is 1. The maximum Gasteiger partial charge on any atom is 0.262 e. The lowest BCUT2D eigenvalue weighted by Gasteiger charge is -2.18. The summed E-state index contributed by atoms with van der Waals surface area (Å²) < 4.78 is 52.2. The monoisotopic (exact) mass is 458 g/mol. The van der Waals surface area contributed by atoms with Crippen LogP contribution in [0.25, 0.3) is 0 Å². The molecule has 3 aromatic carbocycles. The largest absolute Gasteiger partial charge is 0.495 e. The third kappa shape index (κ3) is 5.17. The van der Waals surface area contributed by atoms with Crippen LogP contribution in [0, 0.1) is 5.82 Å². The lowest BCUT2D eigenvalue weighted by atomic mass is 10.1. The van der Waals surface area contributed by atoms with Gasteiger partial charge in [0.25, 0.3) is 15.9 Å². The van der Waals surface area contributed by atoms with Crippen LogP contribution < -0.4 is 14.2 Å². The van der Waals surface area contributed by atoms with E-state index in [4.69, 9.17) is 9.47 Å². The van der Waals surface area contributed by atoms with Crippen LogP contribution in [0.1, 0.15) is 15.9 Å². The summed E-state index contributed by atoms with van der Waals surface area (Å²) >= 11 is 0. The molecule has 0 unspecified atom stereocenters. The second-order valence-corrected chi connectivity index (χ2v) is 8.65. The maximum atomic E-state index is 13.9. The molecule has 3 rings (SSSR count). The van der Waals surface area contributed by atoms with Gasteiger partial charge in [0.2, 0.25) is 0 Å². The summed E-state index contributed by atoms with van der Waals surface area (Å²) in [4.78, 5) is 14.2. The van der Waals surface area contributed by atoms with E-state index in [1.807, 2.05) is 0 Å². The van der Waals surface area contributed by atoms with Gasteiger partial charge >= 0.3 is 0 Å². The van der Waals surface area contributed by atoms with Gasteiger partial charge < -0.3 is 14.4 Å². The zero-order chi connectivity index (χ0) is 23.3. The standard InChI is InChI=1S/C23H23FN2O5S/c1-26(15-16-11-12-21(30-2)19(24)13-16)23(27)17-7-6-8-18(14-17)32(28,29)25-20-9-4-5-10-22(20)31-3/h4-14,25H,15H2,1-3H3. The van der Waals surface area contributed by atoms with Gasteiger partial charge in [-0.3, -0.25) is 9.52 Å². The predicted octanol–water partition coefficient (Wildman–Crippen LogP) is 3.92. The number of benzene rings is 3. The number of carbonyl (C=O) groups excluding carboxylic acids is 1. The Balaban J connectivity index is 1.79. The second kappa shape index (κ2) is 9.69. The summed E-state index contributed by atoms with van der Waals surface area (Å²) in [6.07, 6.45) is 0. The zero-order valence-electron chi connectivity index (χ0n) is 17.8. The topological polar surface area (TPSA) is 84.9 Å². The molecule has 0 aliphatic carbocycles. The van der Waals surface area contributed by atoms with Crippen molar-refractivity contribution in [2.75, 3.05) is 26.0 Å². The van der Waals surface area contributed by atoms with E-state index in [0.717, 1.165) is 0 Å². The Morgan fingerprint density at radius 3 is 2.38 bits per heavy atom. The fourth-order valence-electron chi connectivity index (χ4n) is 3.10. The summed E-state index contributed by atoms with van der Waals surface area (Å²) in [5, 5.41) is 0. The highest BCUT2D eigenvalue weighted by Gasteiger charge is 2.20. The quantitative estimate of drug-likeness (QED) is 0.553. The lowest BCUT2D eigenvalue weighted by Crippen LogP contribution is -2.26. The van der Waals surface area contributed by atoms with Crippen molar-refractivity contribution in [1.29, 1.82) is 0 Å². The summed E-state index contributed by atoms with van der Waals surface area (Å²) in [6.45, 7) is 0.135. The molecule has 0 fully saturated rings. The average molecular weight is 459 g/mol. The first kappa shape index (κ1) is 23.1. The van der Waals surface area contributed by atoms with Crippen molar-refractivity contribution >= 4 is 21.6 Å². The normalized spacial score (nSPS) is 11.0. The number of amides is 1. The number of ether oxygens (including phenoxy) is 2. The van der Waals surface area contributed by atoms with Crippen LogP contribution in [-0.2, 0) is 16.6 Å². The average Bonchev–Trinajstić information content (AvgIpc) is 2.79. The molecule has 168 valence electrons. The Bertz CT molecular complexity index is 1230. The summed E-state index contributed by atoms with van der Waals surface area (Å²) in [5.41, 5.74) is 1.04. The molecule has 32 heavy (non-hydrogen) atoms. The SMILES string of the molecule is COc1ccc(CN(C)C(=O)c2cccc(S(=O)(=O)Nc3ccccc3OC)c2)cc1F. The first-order valence-corrected chi connectivity index (χ1v) is 11.1. The minimum absolute atomic E-state index is 0.0712. The number of methoxy groups -OCH3 is 2. The van der Waals surface area contributed by atoms with Crippen molar-refractivity contribution in [2.24, 2.45) is 0 Å². The Kier molecular flexibility index (Phi) is 6.99. The van der Waals surface area contributed by atoms with E-state index in [0.29, 0.717) is 11.3 Å². The predicted molar refractivity (Wildman–Crippen MR) is 119 cm³/mol.